The monoisotopic (exact) mass is 502 g/mol. The van der Waals surface area contributed by atoms with E-state index in [2.05, 4.69) is 15.4 Å². The van der Waals surface area contributed by atoms with Crippen molar-refractivity contribution in [1.29, 1.82) is 0 Å². The molecule has 3 heterocycles. The number of quaternary nitrogens is 1. The van der Waals surface area contributed by atoms with Crippen LogP contribution in [0.1, 0.15) is 22.6 Å². The molecule has 0 spiro atoms. The van der Waals surface area contributed by atoms with Crippen LogP contribution in [0, 0.1) is 0 Å². The summed E-state index contributed by atoms with van der Waals surface area (Å²) in [6.07, 6.45) is -4.04. The molecule has 1 amide bonds. The van der Waals surface area contributed by atoms with E-state index in [1.807, 2.05) is 0 Å². The normalized spacial score (nSPS) is 15.2. The van der Waals surface area contributed by atoms with E-state index in [0.717, 1.165) is 25.7 Å². The molecule has 0 aliphatic carbocycles. The van der Waals surface area contributed by atoms with Gasteiger partial charge in [-0.1, -0.05) is 35.3 Å². The van der Waals surface area contributed by atoms with Crippen LogP contribution in [-0.2, 0) is 10.9 Å². The number of carbonyl (C=O) groups excluding carboxylic acids is 1. The Morgan fingerprint density at radius 1 is 1.18 bits per heavy atom. The summed E-state index contributed by atoms with van der Waals surface area (Å²) in [5.74, 6) is -0.649. The number of carbonyl (C=O) groups is 1. The maximum Gasteiger partial charge on any atom is 0.433 e. The van der Waals surface area contributed by atoms with Gasteiger partial charge in [0.2, 0.25) is 0 Å². The maximum atomic E-state index is 13.8. The van der Waals surface area contributed by atoms with E-state index < -0.39 is 17.8 Å². The van der Waals surface area contributed by atoms with Crippen LogP contribution in [0.2, 0.25) is 10.0 Å². The number of morpholine rings is 1. The molecule has 1 saturated heterocycles. The van der Waals surface area contributed by atoms with Gasteiger partial charge < -0.3 is 15.0 Å². The zero-order chi connectivity index (χ0) is 23.6. The number of aromatic nitrogens is 3. The number of nitrogens with zero attached hydrogens (tertiary/aromatic N) is 3. The molecule has 0 unspecified atom stereocenters. The lowest BCUT2D eigenvalue weighted by atomic mass is 10.1. The largest absolute Gasteiger partial charge is 0.433 e. The van der Waals surface area contributed by atoms with Crippen molar-refractivity contribution >= 4 is 34.8 Å². The van der Waals surface area contributed by atoms with E-state index in [0.29, 0.717) is 41.3 Å². The maximum absolute atomic E-state index is 13.8. The quantitative estimate of drug-likeness (QED) is 0.508. The van der Waals surface area contributed by atoms with E-state index in [1.165, 1.54) is 4.90 Å². The first-order valence-electron chi connectivity index (χ1n) is 10.4. The molecule has 0 radical (unpaired) electrons. The number of rotatable bonds is 6. The standard InChI is InChI=1S/C21H20Cl2F3N5O2/c22-14-4-2-13(3-5-14)15-12-16(21(24,25)26)31-19(28-15)17(23)18(29-31)20(32)27-6-1-7-30-8-10-33-11-9-30/h2-5,12H,1,6-11H2,(H,27,32)/p+1. The molecule has 7 nitrogen and oxygen atoms in total. The van der Waals surface area contributed by atoms with Gasteiger partial charge in [0, 0.05) is 23.6 Å². The molecule has 1 aliphatic rings. The van der Waals surface area contributed by atoms with Crippen LogP contribution in [-0.4, -0.2) is 59.9 Å². The summed E-state index contributed by atoms with van der Waals surface area (Å²) in [7, 11) is 0. The minimum absolute atomic E-state index is 0.0359. The summed E-state index contributed by atoms with van der Waals surface area (Å²) >= 11 is 12.2. The van der Waals surface area contributed by atoms with Crippen molar-refractivity contribution in [2.75, 3.05) is 39.4 Å². The second-order valence-electron chi connectivity index (χ2n) is 7.65. The molecule has 0 atom stereocenters. The summed E-state index contributed by atoms with van der Waals surface area (Å²) in [4.78, 5) is 18.2. The molecular formula is C21H21Cl2F3N5O2+. The molecule has 12 heteroatoms. The molecule has 1 aliphatic heterocycles. The highest BCUT2D eigenvalue weighted by Crippen LogP contribution is 2.34. The molecule has 2 aromatic heterocycles. The summed E-state index contributed by atoms with van der Waals surface area (Å²) in [5.41, 5.74) is -1.19. The number of hydrogen-bond donors (Lipinski definition) is 2. The van der Waals surface area contributed by atoms with E-state index in [1.54, 1.807) is 24.3 Å². The van der Waals surface area contributed by atoms with Gasteiger partial charge in [0.1, 0.15) is 18.1 Å². The summed E-state index contributed by atoms with van der Waals surface area (Å²) in [5, 5.41) is 6.72. The SMILES string of the molecule is O=C(NCCC[NH+]1CCOCC1)c1nn2c(C(F)(F)F)cc(-c3ccc(Cl)cc3)nc2c1Cl. The van der Waals surface area contributed by atoms with Gasteiger partial charge in [-0.05, 0) is 18.2 Å². The van der Waals surface area contributed by atoms with Crippen molar-refractivity contribution in [1.82, 2.24) is 19.9 Å². The summed E-state index contributed by atoms with van der Waals surface area (Å²) in [6.45, 7) is 4.45. The molecule has 176 valence electrons. The summed E-state index contributed by atoms with van der Waals surface area (Å²) < 4.78 is 47.2. The van der Waals surface area contributed by atoms with Crippen LogP contribution < -0.4 is 10.2 Å². The molecular weight excluding hydrogens is 482 g/mol. The van der Waals surface area contributed by atoms with Crippen molar-refractivity contribution in [2.45, 2.75) is 12.6 Å². The van der Waals surface area contributed by atoms with Crippen molar-refractivity contribution in [3.05, 3.63) is 51.8 Å². The van der Waals surface area contributed by atoms with Crippen molar-refractivity contribution in [3.63, 3.8) is 0 Å². The number of benzene rings is 1. The van der Waals surface area contributed by atoms with Gasteiger partial charge in [-0.25, -0.2) is 9.50 Å². The van der Waals surface area contributed by atoms with Crippen LogP contribution in [0.3, 0.4) is 0 Å². The second kappa shape index (κ2) is 9.84. The van der Waals surface area contributed by atoms with Gasteiger partial charge in [0.05, 0.1) is 25.5 Å². The Balaban J connectivity index is 1.58. The van der Waals surface area contributed by atoms with Gasteiger partial charge in [-0.15, -0.1) is 0 Å². The highest BCUT2D eigenvalue weighted by Gasteiger charge is 2.36. The predicted molar refractivity (Wildman–Crippen MR) is 117 cm³/mol. The Morgan fingerprint density at radius 2 is 1.88 bits per heavy atom. The Morgan fingerprint density at radius 3 is 2.55 bits per heavy atom. The molecule has 0 bridgehead atoms. The van der Waals surface area contributed by atoms with Crippen LogP contribution >= 0.6 is 23.2 Å². The van der Waals surface area contributed by atoms with Crippen LogP contribution in [0.15, 0.2) is 30.3 Å². The van der Waals surface area contributed by atoms with E-state index in [-0.39, 0.29) is 22.1 Å². The van der Waals surface area contributed by atoms with Crippen LogP contribution in [0.25, 0.3) is 16.9 Å². The zero-order valence-corrected chi connectivity index (χ0v) is 18.9. The van der Waals surface area contributed by atoms with Crippen molar-refractivity contribution in [3.8, 4) is 11.3 Å². The van der Waals surface area contributed by atoms with Crippen molar-refractivity contribution in [2.24, 2.45) is 0 Å². The van der Waals surface area contributed by atoms with Crippen LogP contribution in [0.4, 0.5) is 13.2 Å². The number of halogens is 5. The molecule has 4 rings (SSSR count). The highest BCUT2D eigenvalue weighted by molar-refractivity contribution is 6.36. The van der Waals surface area contributed by atoms with Gasteiger partial charge in [-0.3, -0.25) is 4.79 Å². The number of nitrogens with one attached hydrogen (secondary N) is 2. The topological polar surface area (TPSA) is 73.0 Å². The average Bonchev–Trinajstić information content (AvgIpc) is 3.13. The summed E-state index contributed by atoms with van der Waals surface area (Å²) in [6, 6.07) is 7.06. The fraction of sp³-hybridized carbons (Fsp3) is 0.381. The van der Waals surface area contributed by atoms with Gasteiger partial charge in [0.15, 0.2) is 17.0 Å². The number of alkyl halides is 3. The Bertz CT molecular complexity index is 1150. The van der Waals surface area contributed by atoms with Crippen molar-refractivity contribution < 1.29 is 27.6 Å². The Hall–Kier alpha value is -2.40. The molecule has 33 heavy (non-hydrogen) atoms. The van der Waals surface area contributed by atoms with E-state index in [9.17, 15) is 18.0 Å². The van der Waals surface area contributed by atoms with E-state index in [4.69, 9.17) is 27.9 Å². The number of hydrogen-bond acceptors (Lipinski definition) is 4. The first-order valence-corrected chi connectivity index (χ1v) is 11.1. The van der Waals surface area contributed by atoms with E-state index >= 15 is 0 Å². The highest BCUT2D eigenvalue weighted by atomic mass is 35.5. The van der Waals surface area contributed by atoms with Gasteiger partial charge in [-0.2, -0.15) is 18.3 Å². The zero-order valence-electron chi connectivity index (χ0n) is 17.4. The number of amides is 1. The fourth-order valence-corrected chi connectivity index (χ4v) is 4.01. The smallest absolute Gasteiger partial charge is 0.370 e. The molecule has 0 saturated carbocycles. The minimum atomic E-state index is -4.74. The average molecular weight is 503 g/mol. The molecule has 2 N–H and O–H groups in total. The third kappa shape index (κ3) is 5.40. The molecule has 1 fully saturated rings. The molecule has 3 aromatic rings. The first-order chi connectivity index (χ1) is 15.7. The fourth-order valence-electron chi connectivity index (χ4n) is 3.64. The molecule has 1 aromatic carbocycles. The first kappa shape index (κ1) is 23.7. The van der Waals surface area contributed by atoms with Crippen LogP contribution in [0.5, 0.6) is 0 Å². The Kier molecular flexibility index (Phi) is 7.08. The Labute approximate surface area is 197 Å². The third-order valence-corrected chi connectivity index (χ3v) is 5.97. The van der Waals surface area contributed by atoms with Gasteiger partial charge >= 0.3 is 6.18 Å². The second-order valence-corrected chi connectivity index (χ2v) is 8.47. The lowest BCUT2D eigenvalue weighted by Crippen LogP contribution is -3.14. The lowest BCUT2D eigenvalue weighted by Gasteiger charge is -2.23. The number of ether oxygens (including phenoxy) is 1. The lowest BCUT2D eigenvalue weighted by molar-refractivity contribution is -0.908. The predicted octanol–water partition coefficient (Wildman–Crippen LogP) is 2.76. The van der Waals surface area contributed by atoms with Gasteiger partial charge in [0.25, 0.3) is 5.91 Å². The third-order valence-electron chi connectivity index (χ3n) is 5.37. The number of fused-ring (bicyclic) bond motifs is 1. The minimum Gasteiger partial charge on any atom is -0.370 e.